The Kier molecular flexibility index (Phi) is 5.09. The van der Waals surface area contributed by atoms with Gasteiger partial charge in [-0.05, 0) is 19.4 Å². The normalized spacial score (nSPS) is 14.0. The summed E-state index contributed by atoms with van der Waals surface area (Å²) in [6, 6.07) is 6.58. The molecule has 0 heterocycles. The van der Waals surface area contributed by atoms with Crippen LogP contribution in [0.15, 0.2) is 24.3 Å². The SMILES string of the molecule is CC(CCS(C)=O)Nc1ccccc1[N+](=O)[O-]. The number of rotatable bonds is 6. The van der Waals surface area contributed by atoms with Gasteiger partial charge in [0.15, 0.2) is 0 Å². The monoisotopic (exact) mass is 256 g/mol. The first-order chi connectivity index (χ1) is 8.00. The first kappa shape index (κ1) is 13.6. The van der Waals surface area contributed by atoms with Crippen LogP contribution in [0.2, 0.25) is 0 Å². The zero-order valence-corrected chi connectivity index (χ0v) is 10.7. The third kappa shape index (κ3) is 4.52. The summed E-state index contributed by atoms with van der Waals surface area (Å²) in [5.74, 6) is 0.592. The minimum atomic E-state index is -0.832. The summed E-state index contributed by atoms with van der Waals surface area (Å²) < 4.78 is 11.0. The largest absolute Gasteiger partial charge is 0.377 e. The van der Waals surface area contributed by atoms with Crippen LogP contribution in [-0.2, 0) is 10.8 Å². The molecule has 6 heteroatoms. The van der Waals surface area contributed by atoms with E-state index >= 15 is 0 Å². The van der Waals surface area contributed by atoms with Gasteiger partial charge in [0, 0.05) is 34.9 Å². The summed E-state index contributed by atoms with van der Waals surface area (Å²) in [5, 5.41) is 13.9. The van der Waals surface area contributed by atoms with E-state index in [4.69, 9.17) is 0 Å². The van der Waals surface area contributed by atoms with Crippen LogP contribution in [0.3, 0.4) is 0 Å². The van der Waals surface area contributed by atoms with E-state index in [1.807, 2.05) is 6.92 Å². The highest BCUT2D eigenvalue weighted by Gasteiger charge is 2.14. The van der Waals surface area contributed by atoms with E-state index in [1.165, 1.54) is 6.07 Å². The number of hydrogen-bond acceptors (Lipinski definition) is 4. The van der Waals surface area contributed by atoms with Crippen molar-refractivity contribution in [1.29, 1.82) is 0 Å². The predicted octanol–water partition coefficient (Wildman–Crippen LogP) is 2.16. The molecule has 2 unspecified atom stereocenters. The van der Waals surface area contributed by atoms with Gasteiger partial charge >= 0.3 is 0 Å². The zero-order valence-electron chi connectivity index (χ0n) is 9.88. The molecule has 0 bridgehead atoms. The third-order valence-electron chi connectivity index (χ3n) is 2.34. The summed E-state index contributed by atoms with van der Waals surface area (Å²) >= 11 is 0. The third-order valence-corrected chi connectivity index (χ3v) is 3.15. The van der Waals surface area contributed by atoms with Crippen molar-refractivity contribution in [2.75, 3.05) is 17.3 Å². The average Bonchev–Trinajstić information content (AvgIpc) is 2.27. The summed E-state index contributed by atoms with van der Waals surface area (Å²) in [7, 11) is -0.832. The first-order valence-corrected chi connectivity index (χ1v) is 7.03. The fraction of sp³-hybridized carbons (Fsp3) is 0.455. The van der Waals surface area contributed by atoms with Gasteiger partial charge in [-0.15, -0.1) is 0 Å². The lowest BCUT2D eigenvalue weighted by Gasteiger charge is -2.14. The van der Waals surface area contributed by atoms with Crippen molar-refractivity contribution in [1.82, 2.24) is 0 Å². The van der Waals surface area contributed by atoms with E-state index < -0.39 is 15.7 Å². The lowest BCUT2D eigenvalue weighted by Crippen LogP contribution is -2.18. The molecule has 94 valence electrons. The number of benzene rings is 1. The maximum absolute atomic E-state index is 11.0. The number of nitrogens with one attached hydrogen (secondary N) is 1. The van der Waals surface area contributed by atoms with Gasteiger partial charge in [-0.25, -0.2) is 0 Å². The van der Waals surface area contributed by atoms with Crippen LogP contribution < -0.4 is 5.32 Å². The van der Waals surface area contributed by atoms with Crippen LogP contribution >= 0.6 is 0 Å². The Morgan fingerprint density at radius 1 is 1.47 bits per heavy atom. The van der Waals surface area contributed by atoms with E-state index in [2.05, 4.69) is 5.32 Å². The molecule has 0 saturated heterocycles. The van der Waals surface area contributed by atoms with Crippen molar-refractivity contribution in [3.8, 4) is 0 Å². The summed E-state index contributed by atoms with van der Waals surface area (Å²) in [5.41, 5.74) is 0.573. The highest BCUT2D eigenvalue weighted by atomic mass is 32.2. The quantitative estimate of drug-likeness (QED) is 0.625. The maximum atomic E-state index is 11.0. The van der Waals surface area contributed by atoms with Gasteiger partial charge in [0.1, 0.15) is 5.69 Å². The van der Waals surface area contributed by atoms with Crippen LogP contribution in [0, 0.1) is 10.1 Å². The minimum absolute atomic E-state index is 0.0556. The fourth-order valence-electron chi connectivity index (χ4n) is 1.44. The molecule has 0 radical (unpaired) electrons. The molecule has 0 saturated carbocycles. The van der Waals surface area contributed by atoms with E-state index in [1.54, 1.807) is 24.5 Å². The number of nitrogens with zero attached hydrogens (tertiary/aromatic N) is 1. The van der Waals surface area contributed by atoms with Gasteiger partial charge in [-0.3, -0.25) is 14.3 Å². The molecule has 0 spiro atoms. The molecule has 0 aromatic heterocycles. The molecule has 2 atom stereocenters. The average molecular weight is 256 g/mol. The van der Waals surface area contributed by atoms with E-state index in [9.17, 15) is 14.3 Å². The lowest BCUT2D eigenvalue weighted by molar-refractivity contribution is -0.384. The number of para-hydroxylation sites is 2. The predicted molar refractivity (Wildman–Crippen MR) is 69.7 cm³/mol. The van der Waals surface area contributed by atoms with Crippen molar-refractivity contribution in [2.24, 2.45) is 0 Å². The van der Waals surface area contributed by atoms with Crippen LogP contribution in [0.25, 0.3) is 0 Å². The van der Waals surface area contributed by atoms with E-state index in [0.717, 1.165) is 6.42 Å². The summed E-state index contributed by atoms with van der Waals surface area (Å²) in [4.78, 5) is 10.4. The Bertz CT molecular complexity index is 423. The lowest BCUT2D eigenvalue weighted by atomic mass is 10.2. The van der Waals surface area contributed by atoms with Crippen molar-refractivity contribution in [2.45, 2.75) is 19.4 Å². The van der Waals surface area contributed by atoms with Crippen molar-refractivity contribution in [3.05, 3.63) is 34.4 Å². The van der Waals surface area contributed by atoms with Gasteiger partial charge < -0.3 is 5.32 Å². The maximum Gasteiger partial charge on any atom is 0.292 e. The highest BCUT2D eigenvalue weighted by molar-refractivity contribution is 7.84. The Morgan fingerprint density at radius 2 is 2.12 bits per heavy atom. The second-order valence-corrected chi connectivity index (χ2v) is 5.44. The number of nitro benzene ring substituents is 1. The van der Waals surface area contributed by atoms with E-state index in [-0.39, 0.29) is 11.7 Å². The van der Waals surface area contributed by atoms with Gasteiger partial charge in [0.05, 0.1) is 4.92 Å². The zero-order chi connectivity index (χ0) is 12.8. The van der Waals surface area contributed by atoms with Crippen LogP contribution in [-0.4, -0.2) is 27.2 Å². The fourth-order valence-corrected chi connectivity index (χ4v) is 2.12. The standard InChI is InChI=1S/C11H16N2O3S/c1-9(7-8-17(2)16)12-10-5-3-4-6-11(10)13(14)15/h3-6,9,12H,7-8H2,1-2H3. The van der Waals surface area contributed by atoms with Gasteiger partial charge in [0.2, 0.25) is 0 Å². The van der Waals surface area contributed by atoms with Gasteiger partial charge in [-0.2, -0.15) is 0 Å². The van der Waals surface area contributed by atoms with Crippen LogP contribution in [0.5, 0.6) is 0 Å². The van der Waals surface area contributed by atoms with Gasteiger partial charge in [-0.1, -0.05) is 12.1 Å². The molecule has 0 aliphatic carbocycles. The molecule has 0 fully saturated rings. The molecule has 0 aliphatic heterocycles. The number of hydrogen-bond donors (Lipinski definition) is 1. The molecule has 1 rings (SSSR count). The Hall–Kier alpha value is -1.43. The molecule has 1 N–H and O–H groups in total. The van der Waals surface area contributed by atoms with Crippen molar-refractivity contribution >= 4 is 22.2 Å². The van der Waals surface area contributed by atoms with Crippen LogP contribution in [0.1, 0.15) is 13.3 Å². The molecule has 1 aromatic carbocycles. The Balaban J connectivity index is 2.67. The number of anilines is 1. The molecule has 0 aliphatic rings. The molecular weight excluding hydrogens is 240 g/mol. The molecule has 17 heavy (non-hydrogen) atoms. The Morgan fingerprint density at radius 3 is 2.71 bits per heavy atom. The Labute approximate surface area is 103 Å². The molecule has 1 aromatic rings. The van der Waals surface area contributed by atoms with Gasteiger partial charge in [0.25, 0.3) is 5.69 Å². The first-order valence-electron chi connectivity index (χ1n) is 5.30. The second kappa shape index (κ2) is 6.34. The summed E-state index contributed by atoms with van der Waals surface area (Å²) in [6.07, 6.45) is 2.37. The molecular formula is C11H16N2O3S. The van der Waals surface area contributed by atoms with Crippen molar-refractivity contribution < 1.29 is 9.13 Å². The van der Waals surface area contributed by atoms with E-state index in [0.29, 0.717) is 11.4 Å². The topological polar surface area (TPSA) is 72.2 Å². The second-order valence-electron chi connectivity index (χ2n) is 3.89. The molecule has 0 amide bonds. The summed E-state index contributed by atoms with van der Waals surface area (Å²) in [6.45, 7) is 1.92. The van der Waals surface area contributed by atoms with Crippen LogP contribution in [0.4, 0.5) is 11.4 Å². The van der Waals surface area contributed by atoms with Crippen molar-refractivity contribution in [3.63, 3.8) is 0 Å². The minimum Gasteiger partial charge on any atom is -0.377 e. The highest BCUT2D eigenvalue weighted by Crippen LogP contribution is 2.24. The number of nitro groups is 1. The smallest absolute Gasteiger partial charge is 0.292 e. The molecule has 5 nitrogen and oxygen atoms in total.